The van der Waals surface area contributed by atoms with Crippen LogP contribution in [0, 0.1) is 5.82 Å². The smallest absolute Gasteiger partial charge is 0.319 e. The van der Waals surface area contributed by atoms with Crippen molar-refractivity contribution in [3.8, 4) is 0 Å². The third-order valence-corrected chi connectivity index (χ3v) is 5.04. The fourth-order valence-corrected chi connectivity index (χ4v) is 3.43. The van der Waals surface area contributed by atoms with E-state index in [0.717, 1.165) is 5.01 Å². The monoisotopic (exact) mass is 413 g/mol. The number of piperidine rings is 1. The molecule has 1 fully saturated rings. The largest absolute Gasteiger partial charge is 0.337 e. The van der Waals surface area contributed by atoms with Crippen molar-refractivity contribution in [3.05, 3.63) is 46.2 Å². The van der Waals surface area contributed by atoms with Gasteiger partial charge in [0.2, 0.25) is 0 Å². The molecule has 0 atom stereocenters. The average Bonchev–Trinajstić information content (AvgIpc) is 3.13. The van der Waals surface area contributed by atoms with Crippen LogP contribution in [-0.4, -0.2) is 41.0 Å². The maximum Gasteiger partial charge on any atom is 0.319 e. The van der Waals surface area contributed by atoms with Gasteiger partial charge in [0.15, 0.2) is 0 Å². The molecule has 0 bridgehead atoms. The van der Waals surface area contributed by atoms with Crippen LogP contribution in [0.15, 0.2) is 29.6 Å². The highest BCUT2D eigenvalue weighted by Gasteiger charge is 2.25. The molecule has 2 heterocycles. The minimum Gasteiger partial charge on any atom is -0.337 e. The number of nitrogens with zero attached hydrogens (tertiary/aromatic N) is 2. The van der Waals surface area contributed by atoms with E-state index in [1.54, 1.807) is 10.3 Å². The number of hydrogen-bond donors (Lipinski definition) is 3. The number of thiazole rings is 1. The number of anilines is 1. The Labute approximate surface area is 166 Å². The number of nitrogens with two attached hydrogens (primary N) is 1. The topological polar surface area (TPSA) is 100 Å². The summed E-state index contributed by atoms with van der Waals surface area (Å²) in [5.41, 5.74) is 6.48. The quantitative estimate of drug-likeness (QED) is 0.717. The molecule has 0 saturated carbocycles. The average molecular weight is 414 g/mol. The van der Waals surface area contributed by atoms with Gasteiger partial charge in [-0.15, -0.1) is 23.7 Å². The lowest BCUT2D eigenvalue weighted by atomic mass is 10.0. The Hall–Kier alpha value is -2.23. The van der Waals surface area contributed by atoms with Crippen LogP contribution in [0.2, 0.25) is 0 Å². The standard InChI is InChI=1S/C17H20FN5O2S.ClH/c18-11-1-3-12(4-2-11)20-17(25)21-13-5-7-23(8-6-13)16(24)14-10-26-15(9-19)22-14;/h1-4,10,13H,5-9,19H2,(H2,20,21,25);1H. The van der Waals surface area contributed by atoms with Gasteiger partial charge in [0, 0.05) is 36.7 Å². The molecule has 0 radical (unpaired) electrons. The molecule has 1 aromatic heterocycles. The van der Waals surface area contributed by atoms with E-state index in [9.17, 15) is 14.0 Å². The molecule has 27 heavy (non-hydrogen) atoms. The molecule has 146 valence electrons. The van der Waals surface area contributed by atoms with Gasteiger partial charge >= 0.3 is 6.03 Å². The number of aromatic nitrogens is 1. The van der Waals surface area contributed by atoms with Gasteiger partial charge in [0.25, 0.3) is 5.91 Å². The van der Waals surface area contributed by atoms with Crippen molar-refractivity contribution in [1.29, 1.82) is 0 Å². The van der Waals surface area contributed by atoms with Crippen LogP contribution in [0.25, 0.3) is 0 Å². The number of hydrogen-bond acceptors (Lipinski definition) is 5. The van der Waals surface area contributed by atoms with Gasteiger partial charge in [0.1, 0.15) is 16.5 Å². The predicted molar refractivity (Wildman–Crippen MR) is 105 cm³/mol. The van der Waals surface area contributed by atoms with E-state index in [2.05, 4.69) is 15.6 Å². The molecule has 4 N–H and O–H groups in total. The number of benzene rings is 1. The lowest BCUT2D eigenvalue weighted by molar-refractivity contribution is 0.0703. The van der Waals surface area contributed by atoms with Crippen molar-refractivity contribution in [3.63, 3.8) is 0 Å². The number of likely N-dealkylation sites (tertiary alicyclic amines) is 1. The van der Waals surface area contributed by atoms with Crippen molar-refractivity contribution in [2.45, 2.75) is 25.4 Å². The Balaban J connectivity index is 0.00000261. The van der Waals surface area contributed by atoms with Crippen LogP contribution >= 0.6 is 23.7 Å². The van der Waals surface area contributed by atoms with Crippen LogP contribution in [0.3, 0.4) is 0 Å². The summed E-state index contributed by atoms with van der Waals surface area (Å²) in [5, 5.41) is 8.02. The van der Waals surface area contributed by atoms with E-state index in [4.69, 9.17) is 5.73 Å². The Morgan fingerprint density at radius 2 is 1.93 bits per heavy atom. The molecule has 0 unspecified atom stereocenters. The van der Waals surface area contributed by atoms with Crippen LogP contribution in [0.4, 0.5) is 14.9 Å². The molecular formula is C17H21ClFN5O2S. The van der Waals surface area contributed by atoms with Gasteiger partial charge in [-0.25, -0.2) is 14.2 Å². The van der Waals surface area contributed by atoms with Gasteiger partial charge in [0.05, 0.1) is 0 Å². The lowest BCUT2D eigenvalue weighted by Gasteiger charge is -2.32. The fourth-order valence-electron chi connectivity index (χ4n) is 2.78. The number of halogens is 2. The molecule has 3 amide bonds. The SMILES string of the molecule is Cl.NCc1nc(C(=O)N2CCC(NC(=O)Nc3ccc(F)cc3)CC2)cs1. The summed E-state index contributed by atoms with van der Waals surface area (Å²) >= 11 is 1.38. The highest BCUT2D eigenvalue weighted by molar-refractivity contribution is 7.09. The first-order chi connectivity index (χ1) is 12.5. The molecule has 7 nitrogen and oxygen atoms in total. The summed E-state index contributed by atoms with van der Waals surface area (Å²) < 4.78 is 12.9. The van der Waals surface area contributed by atoms with E-state index in [1.165, 1.54) is 35.6 Å². The summed E-state index contributed by atoms with van der Waals surface area (Å²) in [7, 11) is 0. The van der Waals surface area contributed by atoms with Gasteiger partial charge in [-0.1, -0.05) is 0 Å². The number of nitrogens with one attached hydrogen (secondary N) is 2. The first-order valence-corrected chi connectivity index (χ1v) is 9.20. The van der Waals surface area contributed by atoms with E-state index >= 15 is 0 Å². The molecule has 0 spiro atoms. The van der Waals surface area contributed by atoms with Crippen molar-refractivity contribution in [2.75, 3.05) is 18.4 Å². The highest BCUT2D eigenvalue weighted by Crippen LogP contribution is 2.16. The van der Waals surface area contributed by atoms with Crippen LogP contribution in [0.1, 0.15) is 28.3 Å². The summed E-state index contributed by atoms with van der Waals surface area (Å²) in [5.74, 6) is -0.457. The van der Waals surface area contributed by atoms with Crippen LogP contribution in [-0.2, 0) is 6.54 Å². The van der Waals surface area contributed by atoms with Crippen LogP contribution < -0.4 is 16.4 Å². The molecule has 1 aliphatic heterocycles. The lowest BCUT2D eigenvalue weighted by Crippen LogP contribution is -2.47. The zero-order chi connectivity index (χ0) is 18.5. The summed E-state index contributed by atoms with van der Waals surface area (Å²) in [6.45, 7) is 1.43. The Kier molecular flexibility index (Phi) is 7.52. The zero-order valence-corrected chi connectivity index (χ0v) is 16.1. The number of carbonyl (C=O) groups is 2. The number of amides is 3. The van der Waals surface area contributed by atoms with E-state index in [-0.39, 0.29) is 36.2 Å². The molecule has 1 aliphatic rings. The molecule has 2 aromatic rings. The van der Waals surface area contributed by atoms with Crippen molar-refractivity contribution in [2.24, 2.45) is 5.73 Å². The first kappa shape index (κ1) is 21.1. The van der Waals surface area contributed by atoms with E-state index in [0.29, 0.717) is 43.9 Å². The zero-order valence-electron chi connectivity index (χ0n) is 14.5. The summed E-state index contributed by atoms with van der Waals surface area (Å²) in [4.78, 5) is 30.4. The molecular weight excluding hydrogens is 393 g/mol. The molecule has 1 aromatic carbocycles. The first-order valence-electron chi connectivity index (χ1n) is 8.32. The number of urea groups is 1. The van der Waals surface area contributed by atoms with Gasteiger partial charge in [-0.2, -0.15) is 0 Å². The maximum absolute atomic E-state index is 12.9. The van der Waals surface area contributed by atoms with E-state index in [1.807, 2.05) is 0 Å². The second-order valence-electron chi connectivity index (χ2n) is 6.00. The van der Waals surface area contributed by atoms with Gasteiger partial charge in [-0.05, 0) is 37.1 Å². The van der Waals surface area contributed by atoms with Crippen molar-refractivity contribution in [1.82, 2.24) is 15.2 Å². The fraction of sp³-hybridized carbons (Fsp3) is 0.353. The number of carbonyl (C=O) groups excluding carboxylic acids is 2. The van der Waals surface area contributed by atoms with Crippen molar-refractivity contribution >= 4 is 41.4 Å². The minimum absolute atomic E-state index is 0. The Morgan fingerprint density at radius 3 is 2.52 bits per heavy atom. The predicted octanol–water partition coefficient (Wildman–Crippen LogP) is 2.59. The summed E-state index contributed by atoms with van der Waals surface area (Å²) in [6, 6.07) is 5.21. The maximum atomic E-state index is 12.9. The van der Waals surface area contributed by atoms with Gasteiger partial charge in [-0.3, -0.25) is 4.79 Å². The summed E-state index contributed by atoms with van der Waals surface area (Å²) in [6.07, 6.45) is 1.33. The normalized spacial score (nSPS) is 14.4. The minimum atomic E-state index is -0.355. The molecule has 3 rings (SSSR count). The van der Waals surface area contributed by atoms with Crippen molar-refractivity contribution < 1.29 is 14.0 Å². The molecule has 1 saturated heterocycles. The van der Waals surface area contributed by atoms with Gasteiger partial charge < -0.3 is 21.3 Å². The second kappa shape index (κ2) is 9.63. The number of rotatable bonds is 4. The second-order valence-corrected chi connectivity index (χ2v) is 6.95. The Bertz CT molecular complexity index is 778. The van der Waals surface area contributed by atoms with Crippen LogP contribution in [0.5, 0.6) is 0 Å². The molecule has 10 heteroatoms. The third-order valence-electron chi connectivity index (χ3n) is 4.16. The van der Waals surface area contributed by atoms with E-state index < -0.39 is 0 Å². The molecule has 0 aliphatic carbocycles. The third kappa shape index (κ3) is 5.62. The Morgan fingerprint density at radius 1 is 1.26 bits per heavy atom. The highest BCUT2D eigenvalue weighted by atomic mass is 35.5.